The average Bonchev–Trinajstić information content (AvgIpc) is 2.51. The number of halogens is 2. The van der Waals surface area contributed by atoms with Gasteiger partial charge < -0.3 is 4.74 Å². The second-order valence-corrected chi connectivity index (χ2v) is 5.45. The van der Waals surface area contributed by atoms with Gasteiger partial charge in [-0.15, -0.1) is 11.6 Å². The monoisotopic (exact) mass is 317 g/mol. The summed E-state index contributed by atoms with van der Waals surface area (Å²) in [5.74, 6) is 1.84. The van der Waals surface area contributed by atoms with Crippen molar-refractivity contribution in [2.45, 2.75) is 12.8 Å². The van der Waals surface area contributed by atoms with E-state index in [1.54, 1.807) is 0 Å². The van der Waals surface area contributed by atoms with Crippen LogP contribution in [0.15, 0.2) is 48.5 Å². The van der Waals surface area contributed by atoms with Crippen molar-refractivity contribution in [1.29, 1.82) is 0 Å². The Morgan fingerprint density at radius 1 is 1.10 bits per heavy atom. The summed E-state index contributed by atoms with van der Waals surface area (Å²) < 4.78 is 6.01. The third kappa shape index (κ3) is 2.97. The largest absolute Gasteiger partial charge is 0.457 e. The van der Waals surface area contributed by atoms with Gasteiger partial charge >= 0.3 is 0 Å². The lowest BCUT2D eigenvalue weighted by atomic mass is 10.2. The fourth-order valence-corrected chi connectivity index (χ4v) is 2.41. The Hall–Kier alpha value is -1.77. The van der Waals surface area contributed by atoms with E-state index in [1.165, 1.54) is 0 Å². The molecule has 21 heavy (non-hydrogen) atoms. The molecule has 106 valence electrons. The minimum absolute atomic E-state index is 0.348. The Bertz CT molecular complexity index is 802. The molecule has 0 radical (unpaired) electrons. The lowest BCUT2D eigenvalue weighted by Crippen LogP contribution is -1.92. The minimum Gasteiger partial charge on any atom is -0.457 e. The smallest absolute Gasteiger partial charge is 0.138 e. The van der Waals surface area contributed by atoms with Crippen LogP contribution in [0.2, 0.25) is 5.02 Å². The van der Waals surface area contributed by atoms with Gasteiger partial charge in [0, 0.05) is 16.5 Å². The maximum absolute atomic E-state index is 6.04. The van der Waals surface area contributed by atoms with Crippen molar-refractivity contribution in [2.24, 2.45) is 0 Å². The molecule has 4 heteroatoms. The number of aromatic nitrogens is 1. The Kier molecular flexibility index (Phi) is 4.00. The summed E-state index contributed by atoms with van der Waals surface area (Å²) >= 11 is 12.0. The molecule has 3 rings (SSSR count). The fraction of sp³-hybridized carbons (Fsp3) is 0.118. The predicted octanol–water partition coefficient (Wildman–Crippen LogP) is 5.73. The maximum Gasteiger partial charge on any atom is 0.138 e. The number of fused-ring (bicyclic) bond motifs is 1. The molecule has 0 aliphatic rings. The first-order valence-electron chi connectivity index (χ1n) is 6.56. The van der Waals surface area contributed by atoms with Gasteiger partial charge in [-0.25, -0.2) is 0 Å². The van der Waals surface area contributed by atoms with Crippen LogP contribution in [0.4, 0.5) is 0 Å². The molecule has 2 aromatic carbocycles. The van der Waals surface area contributed by atoms with Gasteiger partial charge in [-0.3, -0.25) is 4.98 Å². The molecule has 0 fully saturated rings. The number of nitrogens with zero attached hydrogens (tertiary/aromatic N) is 1. The van der Waals surface area contributed by atoms with E-state index in [-0.39, 0.29) is 0 Å². The summed E-state index contributed by atoms with van der Waals surface area (Å²) in [6.45, 7) is 1.95. The number of ether oxygens (including phenoxy) is 1. The quantitative estimate of drug-likeness (QED) is 0.576. The van der Waals surface area contributed by atoms with Crippen molar-refractivity contribution in [3.63, 3.8) is 0 Å². The van der Waals surface area contributed by atoms with Crippen molar-refractivity contribution < 1.29 is 4.74 Å². The molecule has 0 atom stereocenters. The first kappa shape index (κ1) is 14.2. The van der Waals surface area contributed by atoms with Gasteiger partial charge in [0.05, 0.1) is 17.1 Å². The van der Waals surface area contributed by atoms with Crippen LogP contribution >= 0.6 is 23.2 Å². The van der Waals surface area contributed by atoms with Gasteiger partial charge in [0.2, 0.25) is 0 Å². The third-order valence-corrected chi connectivity index (χ3v) is 3.92. The Morgan fingerprint density at radius 2 is 1.90 bits per heavy atom. The molecule has 1 heterocycles. The summed E-state index contributed by atoms with van der Waals surface area (Å²) in [5, 5.41) is 1.68. The number of hydrogen-bond donors (Lipinski definition) is 0. The highest BCUT2D eigenvalue weighted by atomic mass is 35.5. The second kappa shape index (κ2) is 5.92. The first-order chi connectivity index (χ1) is 10.2. The van der Waals surface area contributed by atoms with Crippen LogP contribution in [0.5, 0.6) is 11.5 Å². The number of rotatable bonds is 3. The zero-order valence-electron chi connectivity index (χ0n) is 11.4. The lowest BCUT2D eigenvalue weighted by Gasteiger charge is -2.11. The normalized spacial score (nSPS) is 10.8. The van der Waals surface area contributed by atoms with E-state index in [4.69, 9.17) is 27.9 Å². The van der Waals surface area contributed by atoms with Gasteiger partial charge in [-0.05, 0) is 42.8 Å². The van der Waals surface area contributed by atoms with E-state index in [0.717, 1.165) is 38.7 Å². The molecule has 0 amide bonds. The molecule has 2 nitrogen and oxygen atoms in total. The van der Waals surface area contributed by atoms with Crippen molar-refractivity contribution in [2.75, 3.05) is 0 Å². The summed E-state index contributed by atoms with van der Waals surface area (Å²) in [4.78, 5) is 4.49. The molecule has 0 unspecified atom stereocenters. The molecule has 0 saturated heterocycles. The molecule has 1 aromatic heterocycles. The molecule has 0 bridgehead atoms. The van der Waals surface area contributed by atoms with Crippen LogP contribution in [0.3, 0.4) is 0 Å². The molecule has 0 saturated carbocycles. The SMILES string of the molecule is Cc1cc(Oc2cc(CCl)nc3ccccc23)ccc1Cl. The van der Waals surface area contributed by atoms with Crippen LogP contribution in [-0.4, -0.2) is 4.98 Å². The van der Waals surface area contributed by atoms with Crippen molar-refractivity contribution in [3.8, 4) is 11.5 Å². The summed E-state index contributed by atoms with van der Waals surface area (Å²) in [5.41, 5.74) is 2.64. The predicted molar refractivity (Wildman–Crippen MR) is 87.6 cm³/mol. The number of hydrogen-bond acceptors (Lipinski definition) is 2. The van der Waals surface area contributed by atoms with Crippen LogP contribution in [0.1, 0.15) is 11.3 Å². The van der Waals surface area contributed by atoms with Crippen LogP contribution in [0.25, 0.3) is 10.9 Å². The van der Waals surface area contributed by atoms with Gasteiger partial charge in [-0.2, -0.15) is 0 Å². The summed E-state index contributed by atoms with van der Waals surface area (Å²) in [7, 11) is 0. The second-order valence-electron chi connectivity index (χ2n) is 4.78. The van der Waals surface area contributed by atoms with Crippen LogP contribution in [-0.2, 0) is 5.88 Å². The Balaban J connectivity index is 2.08. The summed E-state index contributed by atoms with van der Waals surface area (Å²) in [6, 6.07) is 15.3. The van der Waals surface area contributed by atoms with Gasteiger partial charge in [-0.1, -0.05) is 23.7 Å². The van der Waals surface area contributed by atoms with E-state index in [0.29, 0.717) is 5.88 Å². The van der Waals surface area contributed by atoms with E-state index in [1.807, 2.05) is 55.5 Å². The highest BCUT2D eigenvalue weighted by Gasteiger charge is 2.08. The van der Waals surface area contributed by atoms with E-state index in [9.17, 15) is 0 Å². The van der Waals surface area contributed by atoms with Crippen LogP contribution in [0, 0.1) is 6.92 Å². The standard InChI is InChI=1S/C17H13Cl2NO/c1-11-8-13(6-7-15(11)19)21-17-9-12(10-18)20-16-5-3-2-4-14(16)17/h2-9H,10H2,1H3. The molecule has 0 aliphatic heterocycles. The van der Waals surface area contributed by atoms with Gasteiger partial charge in [0.25, 0.3) is 0 Å². The Morgan fingerprint density at radius 3 is 2.67 bits per heavy atom. The molecule has 0 N–H and O–H groups in total. The number of benzene rings is 2. The van der Waals surface area contributed by atoms with Gasteiger partial charge in [0.15, 0.2) is 0 Å². The fourth-order valence-electron chi connectivity index (χ4n) is 2.16. The number of para-hydroxylation sites is 1. The molecular formula is C17H13Cl2NO. The van der Waals surface area contributed by atoms with Crippen molar-refractivity contribution in [3.05, 3.63) is 64.8 Å². The van der Waals surface area contributed by atoms with Gasteiger partial charge in [0.1, 0.15) is 11.5 Å². The zero-order chi connectivity index (χ0) is 14.8. The molecular weight excluding hydrogens is 305 g/mol. The molecule has 3 aromatic rings. The van der Waals surface area contributed by atoms with E-state index in [2.05, 4.69) is 4.98 Å². The average molecular weight is 318 g/mol. The van der Waals surface area contributed by atoms with Crippen molar-refractivity contribution in [1.82, 2.24) is 4.98 Å². The zero-order valence-corrected chi connectivity index (χ0v) is 12.9. The molecule has 0 aliphatic carbocycles. The third-order valence-electron chi connectivity index (χ3n) is 3.23. The maximum atomic E-state index is 6.04. The highest BCUT2D eigenvalue weighted by Crippen LogP contribution is 2.31. The lowest BCUT2D eigenvalue weighted by molar-refractivity contribution is 0.487. The van der Waals surface area contributed by atoms with Crippen molar-refractivity contribution >= 4 is 34.1 Å². The summed E-state index contributed by atoms with van der Waals surface area (Å²) in [6.07, 6.45) is 0. The number of pyridine rings is 1. The number of alkyl halides is 1. The van der Waals surface area contributed by atoms with Crippen LogP contribution < -0.4 is 4.74 Å². The van der Waals surface area contributed by atoms with E-state index < -0.39 is 0 Å². The minimum atomic E-state index is 0.348. The topological polar surface area (TPSA) is 22.1 Å². The first-order valence-corrected chi connectivity index (χ1v) is 7.47. The molecule has 0 spiro atoms. The van der Waals surface area contributed by atoms with E-state index >= 15 is 0 Å². The number of aryl methyl sites for hydroxylation is 1. The Labute approximate surface area is 133 Å². The highest BCUT2D eigenvalue weighted by molar-refractivity contribution is 6.31.